The molecule has 0 amide bonds. The number of carbonyl (C=O) groups is 2. The van der Waals surface area contributed by atoms with Crippen molar-refractivity contribution in [3.05, 3.63) is 95.6 Å². The van der Waals surface area contributed by atoms with Crippen molar-refractivity contribution in [2.45, 2.75) is 57.0 Å². The van der Waals surface area contributed by atoms with E-state index < -0.39 is 47.9 Å². The van der Waals surface area contributed by atoms with Gasteiger partial charge in [-0.2, -0.15) is 0 Å². The number of hydrogen-bond donors (Lipinski definition) is 4. The summed E-state index contributed by atoms with van der Waals surface area (Å²) in [4.78, 5) is 34.8. The number of benzene rings is 3. The SMILES string of the molecule is CC[C@@H](O)C[C@H](OO[C@@H](CCC(C=O)C(Nc1ccc(F)cc1)c1ccc(O)cc1)c1ccc(F)cc1)C(=O)O. The van der Waals surface area contributed by atoms with E-state index in [2.05, 4.69) is 5.32 Å². The van der Waals surface area contributed by atoms with Crippen molar-refractivity contribution in [2.24, 2.45) is 5.92 Å². The van der Waals surface area contributed by atoms with Crippen LogP contribution in [0.1, 0.15) is 55.9 Å². The Bertz CT molecular complexity index is 1210. The maximum Gasteiger partial charge on any atom is 0.336 e. The van der Waals surface area contributed by atoms with Crippen LogP contribution < -0.4 is 5.32 Å². The highest BCUT2D eigenvalue weighted by Gasteiger charge is 2.28. The fourth-order valence-electron chi connectivity index (χ4n) is 4.18. The summed E-state index contributed by atoms with van der Waals surface area (Å²) >= 11 is 0. The number of hydrogen-bond acceptors (Lipinski definition) is 7. The van der Waals surface area contributed by atoms with Crippen LogP contribution in [0.25, 0.3) is 0 Å². The van der Waals surface area contributed by atoms with Gasteiger partial charge in [0.1, 0.15) is 29.8 Å². The van der Waals surface area contributed by atoms with Crippen LogP contribution in [0.2, 0.25) is 0 Å². The minimum absolute atomic E-state index is 0.0510. The number of aldehydes is 1. The van der Waals surface area contributed by atoms with E-state index in [9.17, 15) is 33.7 Å². The molecule has 0 saturated heterocycles. The number of aliphatic carboxylic acids is 1. The molecule has 0 saturated carbocycles. The number of halogens is 2. The number of carbonyl (C=O) groups excluding carboxylic acids is 1. The second kappa shape index (κ2) is 15.1. The molecule has 0 aromatic heterocycles. The van der Waals surface area contributed by atoms with Gasteiger partial charge in [-0.25, -0.2) is 23.4 Å². The van der Waals surface area contributed by atoms with Crippen LogP contribution in [0.3, 0.4) is 0 Å². The highest BCUT2D eigenvalue weighted by Crippen LogP contribution is 2.33. The molecule has 0 heterocycles. The molecular formula is C30H33F2NO7. The molecule has 5 atom stereocenters. The molecule has 3 aromatic rings. The van der Waals surface area contributed by atoms with Crippen LogP contribution in [-0.4, -0.2) is 39.8 Å². The first-order valence-electron chi connectivity index (χ1n) is 12.9. The lowest BCUT2D eigenvalue weighted by Crippen LogP contribution is -2.29. The number of carboxylic acid groups (broad SMARTS) is 1. The minimum Gasteiger partial charge on any atom is -0.508 e. The predicted octanol–water partition coefficient (Wildman–Crippen LogP) is 5.72. The largest absolute Gasteiger partial charge is 0.508 e. The van der Waals surface area contributed by atoms with E-state index in [1.54, 1.807) is 31.2 Å². The van der Waals surface area contributed by atoms with Gasteiger partial charge in [-0.05, 0) is 78.9 Å². The summed E-state index contributed by atoms with van der Waals surface area (Å²) in [5, 5.41) is 32.4. The molecule has 0 spiro atoms. The Labute approximate surface area is 231 Å². The van der Waals surface area contributed by atoms with Gasteiger partial charge in [0.2, 0.25) is 0 Å². The Morgan fingerprint density at radius 2 is 1.48 bits per heavy atom. The molecular weight excluding hydrogens is 524 g/mol. The Kier molecular flexibility index (Phi) is 11.6. The van der Waals surface area contributed by atoms with Gasteiger partial charge in [-0.1, -0.05) is 31.2 Å². The molecule has 0 aliphatic rings. The molecule has 214 valence electrons. The van der Waals surface area contributed by atoms with Crippen LogP contribution in [-0.2, 0) is 19.4 Å². The number of phenols is 1. The number of rotatable bonds is 16. The summed E-state index contributed by atoms with van der Waals surface area (Å²) in [6.07, 6.45) is -1.90. The zero-order valence-electron chi connectivity index (χ0n) is 22.0. The summed E-state index contributed by atoms with van der Waals surface area (Å²) in [5.74, 6) is -2.80. The van der Waals surface area contributed by atoms with Gasteiger partial charge in [0, 0.05) is 18.0 Å². The Hall–Kier alpha value is -3.86. The van der Waals surface area contributed by atoms with Crippen LogP contribution in [0, 0.1) is 17.6 Å². The maximum absolute atomic E-state index is 13.6. The molecule has 0 fully saturated rings. The van der Waals surface area contributed by atoms with Gasteiger partial charge in [0.15, 0.2) is 6.10 Å². The number of carboxylic acids is 1. The molecule has 3 rings (SSSR count). The summed E-state index contributed by atoms with van der Waals surface area (Å²) in [5.41, 5.74) is 1.76. The zero-order valence-corrected chi connectivity index (χ0v) is 22.0. The van der Waals surface area contributed by atoms with E-state index in [4.69, 9.17) is 9.78 Å². The quantitative estimate of drug-likeness (QED) is 0.100. The van der Waals surface area contributed by atoms with E-state index in [-0.39, 0.29) is 25.0 Å². The lowest BCUT2D eigenvalue weighted by Gasteiger charge is -2.28. The van der Waals surface area contributed by atoms with Crippen LogP contribution in [0.15, 0.2) is 72.8 Å². The van der Waals surface area contributed by atoms with E-state index in [0.29, 0.717) is 23.2 Å². The lowest BCUT2D eigenvalue weighted by atomic mass is 9.88. The summed E-state index contributed by atoms with van der Waals surface area (Å²) in [6.45, 7) is 1.70. The second-order valence-corrected chi connectivity index (χ2v) is 9.46. The molecule has 0 aliphatic heterocycles. The first kappa shape index (κ1) is 30.7. The maximum atomic E-state index is 13.6. The fourth-order valence-corrected chi connectivity index (χ4v) is 4.18. The number of anilines is 1. The average Bonchev–Trinajstić information content (AvgIpc) is 2.95. The number of aliphatic hydroxyl groups excluding tert-OH is 1. The first-order chi connectivity index (χ1) is 19.2. The van der Waals surface area contributed by atoms with Crippen molar-refractivity contribution < 1.29 is 43.5 Å². The minimum atomic E-state index is -1.44. The lowest BCUT2D eigenvalue weighted by molar-refractivity contribution is -0.352. The van der Waals surface area contributed by atoms with Gasteiger partial charge in [-0.3, -0.25) is 0 Å². The predicted molar refractivity (Wildman–Crippen MR) is 143 cm³/mol. The highest BCUT2D eigenvalue weighted by atomic mass is 19.1. The molecule has 40 heavy (non-hydrogen) atoms. The third-order valence-electron chi connectivity index (χ3n) is 6.55. The van der Waals surface area contributed by atoms with E-state index in [0.717, 1.165) is 6.29 Å². The molecule has 4 N–H and O–H groups in total. The average molecular weight is 558 g/mol. The van der Waals surface area contributed by atoms with Crippen LogP contribution in [0.4, 0.5) is 14.5 Å². The first-order valence-corrected chi connectivity index (χ1v) is 12.9. The fraction of sp³-hybridized carbons (Fsp3) is 0.333. The Balaban J connectivity index is 1.83. The molecule has 10 heteroatoms. The van der Waals surface area contributed by atoms with Crippen molar-refractivity contribution in [1.82, 2.24) is 0 Å². The zero-order chi connectivity index (χ0) is 29.1. The second-order valence-electron chi connectivity index (χ2n) is 9.46. The molecule has 8 nitrogen and oxygen atoms in total. The van der Waals surface area contributed by atoms with Gasteiger partial charge >= 0.3 is 5.97 Å². The van der Waals surface area contributed by atoms with Crippen LogP contribution >= 0.6 is 0 Å². The van der Waals surface area contributed by atoms with Crippen molar-refractivity contribution in [1.29, 1.82) is 0 Å². The van der Waals surface area contributed by atoms with E-state index in [1.165, 1.54) is 48.5 Å². The van der Waals surface area contributed by atoms with Gasteiger partial charge in [0.25, 0.3) is 0 Å². The molecule has 2 unspecified atom stereocenters. The Morgan fingerprint density at radius 1 is 0.900 bits per heavy atom. The van der Waals surface area contributed by atoms with Crippen molar-refractivity contribution in [2.75, 3.05) is 5.32 Å². The Morgan fingerprint density at radius 3 is 2.02 bits per heavy atom. The third kappa shape index (κ3) is 9.11. The van der Waals surface area contributed by atoms with Crippen LogP contribution in [0.5, 0.6) is 5.75 Å². The molecule has 0 bridgehead atoms. The van der Waals surface area contributed by atoms with Gasteiger partial charge in [0.05, 0.1) is 12.1 Å². The van der Waals surface area contributed by atoms with Crippen molar-refractivity contribution >= 4 is 17.9 Å². The van der Waals surface area contributed by atoms with Gasteiger partial charge < -0.3 is 25.4 Å². The van der Waals surface area contributed by atoms with Crippen molar-refractivity contribution in [3.8, 4) is 5.75 Å². The number of aliphatic hydroxyl groups is 1. The standard InChI is InChI=1S/C30H33F2NO7/c1-2-25(35)17-28(30(37)38)40-39-27(19-3-8-22(31)9-4-19)16-7-21(18-34)29(20-5-14-26(36)15-6-20)33-24-12-10-23(32)11-13-24/h3-6,8-15,18,21,25,27-29,33,35-36H,2,7,16-17H2,1H3,(H,37,38)/t21?,25-,27+,28+,29?/m1/s1. The summed E-state index contributed by atoms with van der Waals surface area (Å²) in [7, 11) is 0. The number of phenolic OH excluding ortho intramolecular Hbond substituents is 1. The highest BCUT2D eigenvalue weighted by molar-refractivity contribution is 5.72. The summed E-state index contributed by atoms with van der Waals surface area (Å²) in [6, 6.07) is 16.8. The smallest absolute Gasteiger partial charge is 0.336 e. The van der Waals surface area contributed by atoms with Crippen molar-refractivity contribution in [3.63, 3.8) is 0 Å². The van der Waals surface area contributed by atoms with E-state index >= 15 is 0 Å². The monoisotopic (exact) mass is 557 g/mol. The number of nitrogens with one attached hydrogen (secondary N) is 1. The van der Waals surface area contributed by atoms with Gasteiger partial charge in [-0.15, -0.1) is 0 Å². The van der Waals surface area contributed by atoms with E-state index in [1.807, 2.05) is 0 Å². The molecule has 0 radical (unpaired) electrons. The topological polar surface area (TPSA) is 125 Å². The molecule has 0 aliphatic carbocycles. The number of aromatic hydroxyl groups is 1. The normalized spacial score (nSPS) is 15.0. The summed E-state index contributed by atoms with van der Waals surface area (Å²) < 4.78 is 27.1. The molecule has 3 aromatic carbocycles. The third-order valence-corrected chi connectivity index (χ3v) is 6.55.